The fourth-order valence-electron chi connectivity index (χ4n) is 4.48. The summed E-state index contributed by atoms with van der Waals surface area (Å²) < 4.78 is 16.6. The van der Waals surface area contributed by atoms with Gasteiger partial charge in [0.1, 0.15) is 17.8 Å². The molecule has 1 fully saturated rings. The third-order valence-corrected chi connectivity index (χ3v) is 6.43. The van der Waals surface area contributed by atoms with E-state index in [2.05, 4.69) is 27.7 Å². The van der Waals surface area contributed by atoms with Gasteiger partial charge in [-0.2, -0.15) is 0 Å². The number of aliphatic carboxylic acids is 1. The zero-order chi connectivity index (χ0) is 36.5. The van der Waals surface area contributed by atoms with Crippen LogP contribution in [0, 0.1) is 5.41 Å². The highest BCUT2D eigenvalue weighted by atomic mass is 16.6. The number of hydrogen-bond acceptors (Lipinski definition) is 11. The van der Waals surface area contributed by atoms with Gasteiger partial charge in [0.25, 0.3) is 0 Å². The molecule has 1 aromatic rings. The molecule has 0 unspecified atom stereocenters. The Morgan fingerprint density at radius 1 is 0.562 bits per heavy atom. The topological polar surface area (TPSA) is 129 Å². The van der Waals surface area contributed by atoms with Crippen LogP contribution in [-0.2, 0) is 40.0 Å². The quantitative estimate of drug-likeness (QED) is 0.286. The first-order valence-electron chi connectivity index (χ1n) is 16.8. The lowest BCUT2D eigenvalue weighted by atomic mass is 10.0. The Bertz CT molecular complexity index is 1120. The average molecular weight is 679 g/mol. The van der Waals surface area contributed by atoms with Crippen LogP contribution in [0.3, 0.4) is 0 Å². The van der Waals surface area contributed by atoms with Gasteiger partial charge in [-0.25, -0.2) is 0 Å². The first kappa shape index (κ1) is 43.0. The number of benzene rings is 1. The van der Waals surface area contributed by atoms with Crippen molar-refractivity contribution >= 4 is 23.9 Å². The first-order chi connectivity index (χ1) is 22.1. The van der Waals surface area contributed by atoms with Crippen molar-refractivity contribution in [2.24, 2.45) is 5.41 Å². The summed E-state index contributed by atoms with van der Waals surface area (Å²) in [6, 6.07) is 9.42. The van der Waals surface area contributed by atoms with Crippen LogP contribution in [0.2, 0.25) is 0 Å². The summed E-state index contributed by atoms with van der Waals surface area (Å²) in [5, 5.41) is 9.51. The molecule has 0 bridgehead atoms. The largest absolute Gasteiger partial charge is 0.480 e. The second kappa shape index (κ2) is 20.5. The summed E-state index contributed by atoms with van der Waals surface area (Å²) in [6.07, 6.45) is 0. The van der Waals surface area contributed by atoms with Crippen molar-refractivity contribution in [1.82, 2.24) is 19.6 Å². The molecule has 1 saturated heterocycles. The van der Waals surface area contributed by atoms with E-state index in [0.717, 1.165) is 5.56 Å². The molecular formula is C36H62N4O8. The van der Waals surface area contributed by atoms with Gasteiger partial charge in [0.2, 0.25) is 0 Å². The number of carboxylic acid groups (broad SMARTS) is 1. The lowest BCUT2D eigenvalue weighted by molar-refractivity contribution is -0.158. The molecule has 1 aromatic carbocycles. The van der Waals surface area contributed by atoms with Crippen LogP contribution >= 0.6 is 0 Å². The van der Waals surface area contributed by atoms with Crippen LogP contribution < -0.4 is 0 Å². The lowest BCUT2D eigenvalue weighted by Gasteiger charge is -2.33. The molecule has 2 rings (SSSR count). The Kier molecular flexibility index (Phi) is 18.3. The molecule has 0 atom stereocenters. The predicted molar refractivity (Wildman–Crippen MR) is 186 cm³/mol. The number of carbonyl (C=O) groups is 4. The molecular weight excluding hydrogens is 616 g/mol. The van der Waals surface area contributed by atoms with Crippen LogP contribution in [-0.4, -0.2) is 138 Å². The molecule has 0 aliphatic carbocycles. The van der Waals surface area contributed by atoms with Crippen molar-refractivity contribution in [3.05, 3.63) is 35.9 Å². The van der Waals surface area contributed by atoms with E-state index >= 15 is 0 Å². The Balaban J connectivity index is 0.00000213. The summed E-state index contributed by atoms with van der Waals surface area (Å²) in [5.41, 5.74) is 0.124. The van der Waals surface area contributed by atoms with E-state index in [1.807, 2.05) is 86.6 Å². The maximum atomic E-state index is 12.8. The van der Waals surface area contributed by atoms with Crippen LogP contribution in [0.4, 0.5) is 0 Å². The van der Waals surface area contributed by atoms with E-state index in [9.17, 15) is 24.3 Å². The van der Waals surface area contributed by atoms with Crippen LogP contribution in [0.15, 0.2) is 30.3 Å². The van der Waals surface area contributed by atoms with E-state index in [-0.39, 0.29) is 50.7 Å². The van der Waals surface area contributed by atoms with E-state index in [1.54, 1.807) is 4.90 Å². The number of esters is 3. The third-order valence-electron chi connectivity index (χ3n) is 6.43. The zero-order valence-electron chi connectivity index (χ0n) is 31.2. The summed E-state index contributed by atoms with van der Waals surface area (Å²) >= 11 is 0. The summed E-state index contributed by atoms with van der Waals surface area (Å²) in [6.45, 7) is 23.1. The van der Waals surface area contributed by atoms with E-state index in [0.29, 0.717) is 57.8 Å². The molecule has 0 amide bonds. The standard InChI is InChI=1S/C31H50N4O8.C5H12/c1-30(2,3)42-28(39)22-34-15-13-32(20-26(36)37)12-14-33(21-27(38)41-24-25-10-8-7-9-11-25)16-17-35(19-18-34)23-29(40)43-31(4,5)6;1-5(2,3)4/h7-11H,12-24H2,1-6H3,(H,36,37);1-4H3. The zero-order valence-corrected chi connectivity index (χ0v) is 31.2. The molecule has 1 aliphatic rings. The molecule has 1 N–H and O–H groups in total. The molecule has 1 aliphatic heterocycles. The summed E-state index contributed by atoms with van der Waals surface area (Å²) in [5.74, 6) is -2.07. The van der Waals surface area contributed by atoms with Gasteiger partial charge >= 0.3 is 23.9 Å². The Morgan fingerprint density at radius 2 is 0.875 bits per heavy atom. The molecule has 1 heterocycles. The second-order valence-electron chi connectivity index (χ2n) is 15.8. The Morgan fingerprint density at radius 3 is 1.19 bits per heavy atom. The van der Waals surface area contributed by atoms with Gasteiger partial charge in [-0.15, -0.1) is 0 Å². The third kappa shape index (κ3) is 24.1. The minimum absolute atomic E-state index is 0.0266. The van der Waals surface area contributed by atoms with Crippen molar-refractivity contribution in [3.8, 4) is 0 Å². The van der Waals surface area contributed by atoms with Crippen molar-refractivity contribution in [2.75, 3.05) is 78.5 Å². The number of rotatable bonds is 10. The van der Waals surface area contributed by atoms with Gasteiger partial charge in [-0.3, -0.25) is 38.8 Å². The minimum Gasteiger partial charge on any atom is -0.480 e. The lowest BCUT2D eigenvalue weighted by Crippen LogP contribution is -2.49. The number of ether oxygens (including phenoxy) is 3. The van der Waals surface area contributed by atoms with Crippen molar-refractivity contribution in [2.45, 2.75) is 87.0 Å². The van der Waals surface area contributed by atoms with Gasteiger partial charge < -0.3 is 19.3 Å². The van der Waals surface area contributed by atoms with Crippen LogP contribution in [0.25, 0.3) is 0 Å². The smallest absolute Gasteiger partial charge is 0.320 e. The molecule has 48 heavy (non-hydrogen) atoms. The number of carboxylic acids is 1. The minimum atomic E-state index is -0.955. The number of nitrogens with zero attached hydrogens (tertiary/aromatic N) is 4. The maximum Gasteiger partial charge on any atom is 0.320 e. The Labute approximate surface area is 288 Å². The van der Waals surface area contributed by atoms with Gasteiger partial charge in [0.15, 0.2) is 0 Å². The van der Waals surface area contributed by atoms with Crippen LogP contribution in [0.5, 0.6) is 0 Å². The van der Waals surface area contributed by atoms with Gasteiger partial charge in [-0.1, -0.05) is 58.0 Å². The predicted octanol–water partition coefficient (Wildman–Crippen LogP) is 3.77. The van der Waals surface area contributed by atoms with E-state index in [1.165, 1.54) is 0 Å². The number of carbonyl (C=O) groups excluding carboxylic acids is 3. The Hall–Kier alpha value is -3.06. The van der Waals surface area contributed by atoms with Crippen LogP contribution in [0.1, 0.15) is 74.8 Å². The highest BCUT2D eigenvalue weighted by molar-refractivity contribution is 5.73. The van der Waals surface area contributed by atoms with Gasteiger partial charge in [0.05, 0.1) is 26.2 Å². The molecule has 0 radical (unpaired) electrons. The first-order valence-corrected chi connectivity index (χ1v) is 16.8. The fourth-order valence-corrected chi connectivity index (χ4v) is 4.48. The normalized spacial score (nSPS) is 16.8. The SMILES string of the molecule is CC(C)(C)C.CC(C)(C)OC(=O)CN1CCN(CC(=O)O)CCN(CC(=O)OCc2ccccc2)CCN(CC(=O)OC(C)(C)C)CC1. The molecule has 0 saturated carbocycles. The van der Waals surface area contributed by atoms with E-state index < -0.39 is 17.2 Å². The second-order valence-corrected chi connectivity index (χ2v) is 15.8. The molecule has 12 heteroatoms. The molecule has 0 spiro atoms. The van der Waals surface area contributed by atoms with E-state index in [4.69, 9.17) is 14.2 Å². The van der Waals surface area contributed by atoms with Crippen molar-refractivity contribution in [1.29, 1.82) is 0 Å². The molecule has 274 valence electrons. The highest BCUT2D eigenvalue weighted by Gasteiger charge is 2.25. The van der Waals surface area contributed by atoms with Crippen molar-refractivity contribution < 1.29 is 38.5 Å². The average Bonchev–Trinajstić information content (AvgIpc) is 2.90. The summed E-state index contributed by atoms with van der Waals surface area (Å²) in [7, 11) is 0. The number of hydrogen-bond donors (Lipinski definition) is 1. The highest BCUT2D eigenvalue weighted by Crippen LogP contribution is 2.11. The van der Waals surface area contributed by atoms with Gasteiger partial charge in [0, 0.05) is 52.4 Å². The maximum absolute atomic E-state index is 12.8. The summed E-state index contributed by atoms with van der Waals surface area (Å²) in [4.78, 5) is 57.4. The van der Waals surface area contributed by atoms with Gasteiger partial charge in [-0.05, 0) is 52.5 Å². The monoisotopic (exact) mass is 678 g/mol. The van der Waals surface area contributed by atoms with Crippen molar-refractivity contribution in [3.63, 3.8) is 0 Å². The molecule has 12 nitrogen and oxygen atoms in total. The molecule has 0 aromatic heterocycles. The fraction of sp³-hybridized carbons (Fsp3) is 0.722.